The molecule has 0 aliphatic rings. The molecule has 0 bridgehead atoms. The van der Waals surface area contributed by atoms with E-state index in [-0.39, 0.29) is 25.4 Å². The van der Waals surface area contributed by atoms with Gasteiger partial charge in [-0.3, -0.25) is 14.4 Å². The molecule has 10 heteroatoms. The Labute approximate surface area is 207 Å². The van der Waals surface area contributed by atoms with Gasteiger partial charge in [0.25, 0.3) is 0 Å². The second kappa shape index (κ2) is 13.3. The smallest absolute Gasteiger partial charge is 0.410 e. The molecule has 0 aliphatic carbocycles. The number of hydrogen-bond acceptors (Lipinski definition) is 5. The van der Waals surface area contributed by atoms with Crippen LogP contribution in [-0.4, -0.2) is 41.8 Å². The van der Waals surface area contributed by atoms with Gasteiger partial charge < -0.3 is 26.0 Å². The van der Waals surface area contributed by atoms with Gasteiger partial charge in [-0.1, -0.05) is 47.1 Å². The SMILES string of the molecule is CCCC(=O)N[C@H](CC(N)=O)C(=O)Nc1ccc(COC(=O)N(C)Cc2ccc(Br)cc2)cc1. The largest absolute Gasteiger partial charge is 0.445 e. The molecule has 2 aromatic rings. The maximum Gasteiger partial charge on any atom is 0.410 e. The van der Waals surface area contributed by atoms with E-state index in [9.17, 15) is 19.2 Å². The third kappa shape index (κ3) is 9.22. The first-order chi connectivity index (χ1) is 16.2. The Hall–Kier alpha value is -3.40. The highest BCUT2D eigenvalue weighted by molar-refractivity contribution is 9.10. The Morgan fingerprint density at radius 2 is 1.65 bits per heavy atom. The van der Waals surface area contributed by atoms with E-state index < -0.39 is 23.9 Å². The maximum atomic E-state index is 12.5. The Morgan fingerprint density at radius 3 is 2.24 bits per heavy atom. The maximum absolute atomic E-state index is 12.5. The first-order valence-electron chi connectivity index (χ1n) is 10.8. The normalized spacial score (nSPS) is 11.3. The van der Waals surface area contributed by atoms with Crippen molar-refractivity contribution in [2.75, 3.05) is 12.4 Å². The number of carbonyl (C=O) groups is 4. The van der Waals surface area contributed by atoms with Crippen LogP contribution >= 0.6 is 15.9 Å². The van der Waals surface area contributed by atoms with Gasteiger partial charge in [-0.25, -0.2) is 4.79 Å². The number of benzene rings is 2. The molecule has 0 radical (unpaired) electrons. The van der Waals surface area contributed by atoms with Crippen molar-refractivity contribution in [2.24, 2.45) is 5.73 Å². The predicted octanol–water partition coefficient (Wildman–Crippen LogP) is 3.32. The molecule has 0 heterocycles. The fraction of sp³-hybridized carbons (Fsp3) is 0.333. The summed E-state index contributed by atoms with van der Waals surface area (Å²) >= 11 is 3.38. The van der Waals surface area contributed by atoms with E-state index in [0.29, 0.717) is 18.7 Å². The van der Waals surface area contributed by atoms with Gasteiger partial charge in [0.15, 0.2) is 0 Å². The number of hydrogen-bond donors (Lipinski definition) is 3. The molecule has 9 nitrogen and oxygen atoms in total. The van der Waals surface area contributed by atoms with Gasteiger partial charge in [0.2, 0.25) is 17.7 Å². The molecule has 1 atom stereocenters. The Morgan fingerprint density at radius 1 is 1.03 bits per heavy atom. The zero-order chi connectivity index (χ0) is 25.1. The number of halogens is 1. The van der Waals surface area contributed by atoms with Gasteiger partial charge in [0, 0.05) is 30.2 Å². The van der Waals surface area contributed by atoms with Gasteiger partial charge in [-0.2, -0.15) is 0 Å². The van der Waals surface area contributed by atoms with Crippen LogP contribution in [-0.2, 0) is 32.3 Å². The summed E-state index contributed by atoms with van der Waals surface area (Å²) in [6, 6.07) is 13.3. The highest BCUT2D eigenvalue weighted by atomic mass is 79.9. The second-order valence-corrected chi connectivity index (χ2v) is 8.68. The summed E-state index contributed by atoms with van der Waals surface area (Å²) in [5, 5.41) is 5.18. The summed E-state index contributed by atoms with van der Waals surface area (Å²) in [7, 11) is 1.66. The van der Waals surface area contributed by atoms with Crippen molar-refractivity contribution in [1.82, 2.24) is 10.2 Å². The molecular weight excluding hydrogens is 504 g/mol. The van der Waals surface area contributed by atoms with Gasteiger partial charge in [-0.05, 0) is 41.8 Å². The quantitative estimate of drug-likeness (QED) is 0.408. The zero-order valence-corrected chi connectivity index (χ0v) is 20.8. The molecule has 2 rings (SSSR count). The topological polar surface area (TPSA) is 131 Å². The standard InChI is InChI=1S/C24H29BrN4O5/c1-3-4-22(31)28-20(13-21(26)30)23(32)27-19-11-7-17(8-12-19)15-34-24(33)29(2)14-16-5-9-18(25)10-6-16/h5-12,20H,3-4,13-15H2,1-2H3,(H2,26,30)(H,27,32)(H,28,31)/t20-/m1/s1. The molecular formula is C24H29BrN4O5. The Kier molecular flexibility index (Phi) is 10.5. The highest BCUT2D eigenvalue weighted by Crippen LogP contribution is 2.14. The van der Waals surface area contributed by atoms with E-state index in [0.717, 1.165) is 15.6 Å². The fourth-order valence-corrected chi connectivity index (χ4v) is 3.27. The molecule has 34 heavy (non-hydrogen) atoms. The lowest BCUT2D eigenvalue weighted by Gasteiger charge is -2.18. The van der Waals surface area contributed by atoms with Crippen LogP contribution in [0.4, 0.5) is 10.5 Å². The van der Waals surface area contributed by atoms with Gasteiger partial charge in [-0.15, -0.1) is 0 Å². The lowest BCUT2D eigenvalue weighted by atomic mass is 10.1. The molecule has 2 aromatic carbocycles. The number of nitrogens with one attached hydrogen (secondary N) is 2. The van der Waals surface area contributed by atoms with Crippen LogP contribution in [0.5, 0.6) is 0 Å². The molecule has 0 fully saturated rings. The third-order valence-corrected chi connectivity index (χ3v) is 5.29. The number of primary amides is 1. The number of nitrogens with two attached hydrogens (primary N) is 1. The van der Waals surface area contributed by atoms with Crippen molar-refractivity contribution < 1.29 is 23.9 Å². The van der Waals surface area contributed by atoms with Crippen LogP contribution in [0.1, 0.15) is 37.3 Å². The van der Waals surface area contributed by atoms with Crippen molar-refractivity contribution in [1.29, 1.82) is 0 Å². The molecule has 0 aromatic heterocycles. The lowest BCUT2D eigenvalue weighted by Crippen LogP contribution is -2.45. The van der Waals surface area contributed by atoms with E-state index in [1.54, 1.807) is 31.3 Å². The number of rotatable bonds is 11. The van der Waals surface area contributed by atoms with Crippen LogP contribution < -0.4 is 16.4 Å². The molecule has 0 saturated heterocycles. The van der Waals surface area contributed by atoms with Crippen molar-refractivity contribution in [3.63, 3.8) is 0 Å². The van der Waals surface area contributed by atoms with Crippen LogP contribution in [0.25, 0.3) is 0 Å². The summed E-state index contributed by atoms with van der Waals surface area (Å²) in [5.41, 5.74) is 7.37. The molecule has 0 spiro atoms. The first-order valence-corrected chi connectivity index (χ1v) is 11.6. The average molecular weight is 533 g/mol. The number of ether oxygens (including phenoxy) is 1. The number of carbonyl (C=O) groups excluding carboxylic acids is 4. The minimum absolute atomic E-state index is 0.0646. The summed E-state index contributed by atoms with van der Waals surface area (Å²) in [4.78, 5) is 49.4. The van der Waals surface area contributed by atoms with Crippen molar-refractivity contribution >= 4 is 45.4 Å². The van der Waals surface area contributed by atoms with Crippen LogP contribution in [0.2, 0.25) is 0 Å². The predicted molar refractivity (Wildman–Crippen MR) is 132 cm³/mol. The number of nitrogens with zero attached hydrogens (tertiary/aromatic N) is 1. The minimum atomic E-state index is -1.06. The zero-order valence-electron chi connectivity index (χ0n) is 19.2. The molecule has 4 N–H and O–H groups in total. The van der Waals surface area contributed by atoms with E-state index in [2.05, 4.69) is 26.6 Å². The average Bonchev–Trinajstić information content (AvgIpc) is 2.79. The number of anilines is 1. The molecule has 4 amide bonds. The molecule has 0 saturated carbocycles. The monoisotopic (exact) mass is 532 g/mol. The van der Waals surface area contributed by atoms with E-state index in [1.807, 2.05) is 31.2 Å². The van der Waals surface area contributed by atoms with Crippen LogP contribution in [0.15, 0.2) is 53.0 Å². The van der Waals surface area contributed by atoms with Gasteiger partial charge in [0.05, 0.1) is 6.42 Å². The Bertz CT molecular complexity index is 995. The minimum Gasteiger partial charge on any atom is -0.445 e. The summed E-state index contributed by atoms with van der Waals surface area (Å²) in [5.74, 6) is -1.57. The number of amides is 4. The molecule has 0 unspecified atom stereocenters. The lowest BCUT2D eigenvalue weighted by molar-refractivity contribution is -0.128. The second-order valence-electron chi connectivity index (χ2n) is 7.76. The van der Waals surface area contributed by atoms with Crippen LogP contribution in [0, 0.1) is 0 Å². The highest BCUT2D eigenvalue weighted by Gasteiger charge is 2.22. The summed E-state index contributed by atoms with van der Waals surface area (Å²) in [6.45, 7) is 2.32. The van der Waals surface area contributed by atoms with Crippen molar-refractivity contribution in [2.45, 2.75) is 45.4 Å². The summed E-state index contributed by atoms with van der Waals surface area (Å²) < 4.78 is 6.31. The van der Waals surface area contributed by atoms with Gasteiger partial charge >= 0.3 is 6.09 Å². The van der Waals surface area contributed by atoms with Gasteiger partial charge in [0.1, 0.15) is 12.6 Å². The first kappa shape index (κ1) is 26.8. The third-order valence-electron chi connectivity index (χ3n) is 4.76. The van der Waals surface area contributed by atoms with E-state index >= 15 is 0 Å². The van der Waals surface area contributed by atoms with Crippen molar-refractivity contribution in [3.8, 4) is 0 Å². The van der Waals surface area contributed by atoms with Crippen LogP contribution in [0.3, 0.4) is 0 Å². The fourth-order valence-electron chi connectivity index (χ4n) is 3.00. The molecule has 0 aliphatic heterocycles. The van der Waals surface area contributed by atoms with E-state index in [1.165, 1.54) is 4.90 Å². The van der Waals surface area contributed by atoms with E-state index in [4.69, 9.17) is 10.5 Å². The Balaban J connectivity index is 1.87. The van der Waals surface area contributed by atoms with Crippen molar-refractivity contribution in [3.05, 3.63) is 64.1 Å². The summed E-state index contributed by atoms with van der Waals surface area (Å²) in [6.07, 6.45) is 0.0950. The molecule has 182 valence electrons.